The Balaban J connectivity index is 2.24. The van der Waals surface area contributed by atoms with Gasteiger partial charge in [-0.15, -0.1) is 0 Å². The molecule has 11 heteroatoms. The van der Waals surface area contributed by atoms with Crippen LogP contribution in [-0.4, -0.2) is 64.4 Å². The summed E-state index contributed by atoms with van der Waals surface area (Å²) in [5.41, 5.74) is 0. The minimum atomic E-state index is -3.38. The van der Waals surface area contributed by atoms with Crippen LogP contribution in [0.4, 0.5) is 4.79 Å². The fourth-order valence-corrected chi connectivity index (χ4v) is 4.76. The average molecular weight is 663 g/mol. The first-order valence-electron chi connectivity index (χ1n) is 14.3. The van der Waals surface area contributed by atoms with Crippen molar-refractivity contribution >= 4 is 32.4 Å². The molecule has 1 heterocycles. The lowest BCUT2D eigenvalue weighted by atomic mass is 9.81. The quantitative estimate of drug-likeness (QED) is 0.0914. The third-order valence-corrected chi connectivity index (χ3v) is 7.46. The maximum Gasteiger partial charge on any atom is 0.326 e. The molecule has 3 N–H and O–H groups in total. The van der Waals surface area contributed by atoms with Gasteiger partial charge in [-0.05, 0) is 78.9 Å². The number of nitrogens with one attached hydrogen (secondary N) is 2. The molecule has 0 bridgehead atoms. The Kier molecular flexibility index (Phi) is 22.9. The van der Waals surface area contributed by atoms with E-state index in [1.165, 1.54) is 7.11 Å². The molecule has 0 aromatic carbocycles. The third kappa shape index (κ3) is 20.9. The van der Waals surface area contributed by atoms with Crippen molar-refractivity contribution < 1.29 is 28.2 Å². The lowest BCUT2D eigenvalue weighted by Gasteiger charge is -2.27. The van der Waals surface area contributed by atoms with Crippen LogP contribution in [0, 0.1) is 124 Å². The lowest BCUT2D eigenvalue weighted by molar-refractivity contribution is -0.0147. The largest absolute Gasteiger partial charge is 0.382 e. The van der Waals surface area contributed by atoms with Gasteiger partial charge in [0.2, 0.25) is 0 Å². The van der Waals surface area contributed by atoms with Gasteiger partial charge in [0.15, 0.2) is 0 Å². The van der Waals surface area contributed by atoms with Crippen LogP contribution in [0.2, 0.25) is 0 Å². The Morgan fingerprint density at radius 3 is 1.81 bits per heavy atom. The number of carbonyl (C=O) groups excluding carboxylic acids is 1. The Hall–Kier alpha value is -4.62. The van der Waals surface area contributed by atoms with Crippen molar-refractivity contribution in [3.8, 4) is 119 Å². The van der Waals surface area contributed by atoms with Crippen LogP contribution < -0.4 is 10.6 Å². The Bertz CT molecular complexity index is 1760. The molecular formula is C36H32BN2O6PS. The number of hydrogen-bond acceptors (Lipinski definition) is 6. The Morgan fingerprint density at radius 2 is 1.30 bits per heavy atom. The van der Waals surface area contributed by atoms with E-state index in [2.05, 4.69) is 129 Å². The van der Waals surface area contributed by atoms with Crippen molar-refractivity contribution in [2.45, 2.75) is 63.7 Å². The van der Waals surface area contributed by atoms with E-state index >= 15 is 0 Å². The van der Waals surface area contributed by atoms with Crippen LogP contribution in [0.25, 0.3) is 0 Å². The fraction of sp³-hybridized carbons (Fsp3) is 0.417. The van der Waals surface area contributed by atoms with E-state index in [1.807, 2.05) is 0 Å². The second-order valence-electron chi connectivity index (χ2n) is 9.04. The zero-order valence-electron chi connectivity index (χ0n) is 26.4. The molecule has 1 aliphatic rings. The summed E-state index contributed by atoms with van der Waals surface area (Å²) >= 11 is 5.02. The number of amides is 2. The summed E-state index contributed by atoms with van der Waals surface area (Å²) in [6.45, 7) is -0.902. The van der Waals surface area contributed by atoms with Crippen molar-refractivity contribution in [2.75, 3.05) is 27.4 Å². The predicted octanol–water partition coefficient (Wildman–Crippen LogP) is 2.04. The zero-order chi connectivity index (χ0) is 34.4. The van der Waals surface area contributed by atoms with Crippen molar-refractivity contribution in [1.82, 2.24) is 10.6 Å². The van der Waals surface area contributed by atoms with Gasteiger partial charge in [-0.1, -0.05) is 31.6 Å². The third-order valence-electron chi connectivity index (χ3n) is 5.78. The highest BCUT2D eigenvalue weighted by Crippen LogP contribution is 2.48. The highest BCUT2D eigenvalue weighted by Gasteiger charge is 2.44. The van der Waals surface area contributed by atoms with Gasteiger partial charge in [-0.3, -0.25) is 5.32 Å². The van der Waals surface area contributed by atoms with Gasteiger partial charge < -0.3 is 28.7 Å². The van der Waals surface area contributed by atoms with Crippen molar-refractivity contribution in [3.63, 3.8) is 0 Å². The van der Waals surface area contributed by atoms with Gasteiger partial charge in [0, 0.05) is 97.9 Å². The summed E-state index contributed by atoms with van der Waals surface area (Å²) in [7, 11) is 9.05. The van der Waals surface area contributed by atoms with Crippen LogP contribution in [0.15, 0.2) is 0 Å². The molecule has 236 valence electrons. The van der Waals surface area contributed by atoms with Crippen molar-refractivity contribution in [2.24, 2.45) is 5.92 Å². The molecule has 2 amide bonds. The first-order chi connectivity index (χ1) is 22.8. The van der Waals surface area contributed by atoms with Crippen LogP contribution >= 0.6 is 6.72 Å². The van der Waals surface area contributed by atoms with Gasteiger partial charge in [-0.2, -0.15) is 0 Å². The first-order valence-corrected chi connectivity index (χ1v) is 16.9. The summed E-state index contributed by atoms with van der Waals surface area (Å²) in [5, 5.41) is 5.14. The summed E-state index contributed by atoms with van der Waals surface area (Å²) in [6.07, 6.45) is 4.42. The topological polar surface area (TPSA) is 98.3 Å². The van der Waals surface area contributed by atoms with E-state index in [0.717, 1.165) is 38.5 Å². The number of ether oxygens (including phenoxy) is 2. The first kappa shape index (κ1) is 40.4. The van der Waals surface area contributed by atoms with E-state index in [0.29, 0.717) is 6.54 Å². The van der Waals surface area contributed by atoms with E-state index < -0.39 is 31.0 Å². The van der Waals surface area contributed by atoms with Crippen LogP contribution in [0.5, 0.6) is 0 Å². The molecule has 5 atom stereocenters. The summed E-state index contributed by atoms with van der Waals surface area (Å²) < 4.78 is 21.6. The molecule has 2 radical (unpaired) electrons. The fourth-order valence-electron chi connectivity index (χ4n) is 3.78. The smallest absolute Gasteiger partial charge is 0.326 e. The molecule has 8 nitrogen and oxygen atoms in total. The second-order valence-corrected chi connectivity index (χ2v) is 11.9. The van der Waals surface area contributed by atoms with E-state index in [4.69, 9.17) is 38.2 Å². The molecule has 0 aromatic rings. The molecule has 0 saturated carbocycles. The summed E-state index contributed by atoms with van der Waals surface area (Å²) in [5.74, 6) is 47.6. The van der Waals surface area contributed by atoms with Crippen molar-refractivity contribution in [3.05, 3.63) is 0 Å². The van der Waals surface area contributed by atoms with Crippen LogP contribution in [0.1, 0.15) is 45.4 Å². The number of methoxy groups -OCH3 is 1. The van der Waals surface area contributed by atoms with Gasteiger partial charge in [0.05, 0.1) is 6.61 Å². The van der Waals surface area contributed by atoms with Gasteiger partial charge in [0.25, 0.3) is 0 Å². The number of unbranched alkanes of at least 4 members (excludes halogenated alkanes) is 4. The summed E-state index contributed by atoms with van der Waals surface area (Å²) in [6, 6.07) is 1.50. The molecule has 1 aliphatic heterocycles. The van der Waals surface area contributed by atoms with Crippen LogP contribution in [-0.2, 0) is 30.3 Å². The molecule has 1 rings (SSSR count). The Labute approximate surface area is 286 Å². The zero-order valence-corrected chi connectivity index (χ0v) is 28.1. The number of rotatable bonds is 13. The molecule has 0 spiro atoms. The van der Waals surface area contributed by atoms with Gasteiger partial charge in [0.1, 0.15) is 20.1 Å². The predicted molar refractivity (Wildman–Crippen MR) is 186 cm³/mol. The highest BCUT2D eigenvalue weighted by molar-refractivity contribution is 8.07. The number of carbonyl (C=O) groups is 1. The minimum absolute atomic E-state index is 0.139. The second kappa shape index (κ2) is 26.6. The standard InChI is InChI=1S/C36H32BN2O6PS/c1-4-5-6-7-8-9-10-11-12-13-14-15-16-17-18-19-20-23-26-29-38-36(40)39-30-27-24-21-22-25-28-32-34(45-46(41,47)43-3)33(31-42-2)44-35(32)37/h32-35H,21-22,24-25,27-28,30-31H2,1-3H3,(H,41,47)(H2,38,39,40)/t32-,33+,34?,35+,46?/m0/s1. The van der Waals surface area contributed by atoms with E-state index in [-0.39, 0.29) is 12.5 Å². The maximum atomic E-state index is 11.8. The van der Waals surface area contributed by atoms with Crippen molar-refractivity contribution in [1.29, 1.82) is 0 Å². The highest BCUT2D eigenvalue weighted by atomic mass is 32.5. The normalized spacial score (nSPS) is 17.4. The van der Waals surface area contributed by atoms with E-state index in [9.17, 15) is 9.69 Å². The van der Waals surface area contributed by atoms with E-state index in [1.54, 1.807) is 14.0 Å². The SMILES string of the molecule is [B][C@@H]1O[C@H](COC)C(OP(O)(=S)OC)[C@@H]1CCCCCCCNC(=O)NC#CC#CC#CC#CC#CC#CC#CC#CC#CC#CC. The average Bonchev–Trinajstić information content (AvgIpc) is 3.33. The molecule has 0 aliphatic carbocycles. The summed E-state index contributed by atoms with van der Waals surface area (Å²) in [4.78, 5) is 22.0. The molecule has 0 aromatic heterocycles. The van der Waals surface area contributed by atoms with Crippen LogP contribution in [0.3, 0.4) is 0 Å². The maximum absolute atomic E-state index is 11.8. The molecular weight excluding hydrogens is 630 g/mol. The lowest BCUT2D eigenvalue weighted by Crippen LogP contribution is -2.33. The molecule has 1 fully saturated rings. The molecule has 47 heavy (non-hydrogen) atoms. The van der Waals surface area contributed by atoms with Gasteiger partial charge >= 0.3 is 12.7 Å². The molecule has 2 unspecified atom stereocenters. The minimum Gasteiger partial charge on any atom is -0.382 e. The molecule has 1 saturated heterocycles. The van der Waals surface area contributed by atoms with Gasteiger partial charge in [-0.25, -0.2) is 4.79 Å². The number of hydrogen-bond donors (Lipinski definition) is 3. The number of urea groups is 1. The Morgan fingerprint density at radius 1 is 0.809 bits per heavy atom. The monoisotopic (exact) mass is 662 g/mol.